The van der Waals surface area contributed by atoms with Gasteiger partial charge in [-0.25, -0.2) is 4.79 Å². The molecule has 1 radical (unpaired) electrons. The van der Waals surface area contributed by atoms with E-state index in [-0.39, 0.29) is 5.97 Å². The number of carbonyl (C=O) groups excluding carboxylic acids is 1. The van der Waals surface area contributed by atoms with E-state index in [2.05, 4.69) is 13.8 Å². The first-order valence-electron chi connectivity index (χ1n) is 11.6. The third kappa shape index (κ3) is 14.8. The van der Waals surface area contributed by atoms with Gasteiger partial charge in [-0.2, -0.15) is 0 Å². The van der Waals surface area contributed by atoms with E-state index in [1.807, 2.05) is 24.3 Å². The first kappa shape index (κ1) is 25.3. The van der Waals surface area contributed by atoms with E-state index in [1.54, 1.807) is 6.08 Å². The molecule has 3 heteroatoms. The van der Waals surface area contributed by atoms with Crippen molar-refractivity contribution >= 4 is 12.0 Å². The fourth-order valence-electron chi connectivity index (χ4n) is 3.12. The fourth-order valence-corrected chi connectivity index (χ4v) is 3.12. The Morgan fingerprint density at radius 3 is 2.07 bits per heavy atom. The van der Waals surface area contributed by atoms with Gasteiger partial charge in [-0.15, -0.1) is 0 Å². The smallest absolute Gasteiger partial charge is 0.330 e. The average Bonchev–Trinajstić information content (AvgIpc) is 2.74. The van der Waals surface area contributed by atoms with E-state index in [0.717, 1.165) is 43.6 Å². The molecule has 0 amide bonds. The van der Waals surface area contributed by atoms with E-state index in [4.69, 9.17) is 9.47 Å². The van der Waals surface area contributed by atoms with E-state index in [0.29, 0.717) is 6.61 Å². The van der Waals surface area contributed by atoms with Crippen LogP contribution >= 0.6 is 0 Å². The Morgan fingerprint density at radius 1 is 0.828 bits per heavy atom. The predicted octanol–water partition coefficient (Wildman–Crippen LogP) is 7.55. The molecule has 0 fully saturated rings. The third-order valence-electron chi connectivity index (χ3n) is 4.95. The highest BCUT2D eigenvalue weighted by Gasteiger charge is 1.98. The summed E-state index contributed by atoms with van der Waals surface area (Å²) in [5.41, 5.74) is 0.971. The minimum absolute atomic E-state index is 0.274. The molecule has 0 unspecified atom stereocenters. The highest BCUT2D eigenvalue weighted by Crippen LogP contribution is 2.15. The summed E-state index contributed by atoms with van der Waals surface area (Å²) >= 11 is 0. The number of hydrogen-bond acceptors (Lipinski definition) is 3. The fraction of sp³-hybridized carbons (Fsp3) is 0.615. The van der Waals surface area contributed by atoms with Crippen molar-refractivity contribution in [3.8, 4) is 5.75 Å². The molecule has 3 nitrogen and oxygen atoms in total. The maximum Gasteiger partial charge on any atom is 0.330 e. The van der Waals surface area contributed by atoms with Gasteiger partial charge in [-0.05, 0) is 36.6 Å². The van der Waals surface area contributed by atoms with Gasteiger partial charge in [0, 0.05) is 6.08 Å². The van der Waals surface area contributed by atoms with Crippen molar-refractivity contribution in [2.75, 3.05) is 13.2 Å². The zero-order chi connectivity index (χ0) is 21.0. The van der Waals surface area contributed by atoms with E-state index >= 15 is 0 Å². The molecule has 29 heavy (non-hydrogen) atoms. The normalized spacial score (nSPS) is 11.1. The predicted molar refractivity (Wildman–Crippen MR) is 123 cm³/mol. The van der Waals surface area contributed by atoms with Gasteiger partial charge >= 0.3 is 5.97 Å². The second-order valence-electron chi connectivity index (χ2n) is 7.66. The summed E-state index contributed by atoms with van der Waals surface area (Å²) in [6.07, 6.45) is 19.1. The molecule has 163 valence electrons. The molecule has 0 saturated carbocycles. The largest absolute Gasteiger partial charge is 0.494 e. The Balaban J connectivity index is 2.09. The van der Waals surface area contributed by atoms with Crippen LogP contribution in [0.1, 0.15) is 96.0 Å². The van der Waals surface area contributed by atoms with Crippen molar-refractivity contribution in [2.24, 2.45) is 0 Å². The van der Waals surface area contributed by atoms with Crippen LogP contribution in [0.4, 0.5) is 0 Å². The number of esters is 1. The molecule has 0 aliphatic rings. The Bertz CT molecular complexity index is 533. The highest BCUT2D eigenvalue weighted by molar-refractivity contribution is 5.87. The second kappa shape index (κ2) is 18.3. The zero-order valence-electron chi connectivity index (χ0n) is 18.5. The summed E-state index contributed by atoms with van der Waals surface area (Å²) in [6, 6.07) is 7.84. The molecule has 0 N–H and O–H groups in total. The number of carbonyl (C=O) groups is 1. The Kier molecular flexibility index (Phi) is 15.9. The summed E-state index contributed by atoms with van der Waals surface area (Å²) in [6.45, 7) is 7.32. The van der Waals surface area contributed by atoms with Gasteiger partial charge < -0.3 is 9.47 Å². The standard InChI is InChI=1S/C26H41O3/c1-3-5-7-9-10-11-12-13-15-22-28-25-19-16-24(17-20-25)18-21-26(27)29-23-14-8-6-4-2/h16-21H,1,3-15,22-23H2,2H3/b21-18+. The van der Waals surface area contributed by atoms with Gasteiger partial charge in [0.2, 0.25) is 0 Å². The van der Waals surface area contributed by atoms with Crippen LogP contribution in [0.2, 0.25) is 0 Å². The lowest BCUT2D eigenvalue weighted by atomic mass is 10.1. The van der Waals surface area contributed by atoms with Crippen molar-refractivity contribution in [2.45, 2.75) is 90.4 Å². The molecule has 0 aliphatic heterocycles. The number of benzene rings is 1. The van der Waals surface area contributed by atoms with Gasteiger partial charge in [0.05, 0.1) is 13.2 Å². The van der Waals surface area contributed by atoms with E-state index < -0.39 is 0 Å². The van der Waals surface area contributed by atoms with Gasteiger partial charge in [-0.3, -0.25) is 0 Å². The summed E-state index contributed by atoms with van der Waals surface area (Å²) in [5, 5.41) is 0. The zero-order valence-corrected chi connectivity index (χ0v) is 18.5. The Morgan fingerprint density at radius 2 is 1.41 bits per heavy atom. The molecule has 0 atom stereocenters. The molecular formula is C26H41O3. The number of rotatable bonds is 18. The molecule has 1 aromatic rings. The van der Waals surface area contributed by atoms with Crippen LogP contribution in [0.5, 0.6) is 5.75 Å². The summed E-state index contributed by atoms with van der Waals surface area (Å²) < 4.78 is 11.0. The molecular weight excluding hydrogens is 360 g/mol. The quantitative estimate of drug-likeness (QED) is 0.145. The number of unbranched alkanes of at least 4 members (excludes halogenated alkanes) is 11. The third-order valence-corrected chi connectivity index (χ3v) is 4.95. The van der Waals surface area contributed by atoms with Crippen LogP contribution in [0, 0.1) is 6.92 Å². The van der Waals surface area contributed by atoms with Crippen molar-refractivity contribution in [1.29, 1.82) is 0 Å². The number of hydrogen-bond donors (Lipinski definition) is 0. The first-order valence-corrected chi connectivity index (χ1v) is 11.6. The van der Waals surface area contributed by atoms with Gasteiger partial charge in [0.15, 0.2) is 0 Å². The van der Waals surface area contributed by atoms with Gasteiger partial charge in [-0.1, -0.05) is 96.6 Å². The maximum atomic E-state index is 11.7. The molecule has 0 aliphatic carbocycles. The lowest BCUT2D eigenvalue weighted by molar-refractivity contribution is -0.137. The molecule has 0 bridgehead atoms. The molecule has 0 heterocycles. The molecule has 1 aromatic carbocycles. The molecule has 0 spiro atoms. The van der Waals surface area contributed by atoms with E-state index in [9.17, 15) is 4.79 Å². The van der Waals surface area contributed by atoms with Gasteiger partial charge in [0.1, 0.15) is 5.75 Å². The molecule has 0 aromatic heterocycles. The molecule has 0 saturated heterocycles. The van der Waals surface area contributed by atoms with Crippen LogP contribution in [0.25, 0.3) is 6.08 Å². The second-order valence-corrected chi connectivity index (χ2v) is 7.66. The first-order chi connectivity index (χ1) is 14.3. The van der Waals surface area contributed by atoms with Crippen LogP contribution in [-0.2, 0) is 9.53 Å². The van der Waals surface area contributed by atoms with Crippen LogP contribution in [-0.4, -0.2) is 19.2 Å². The Hall–Kier alpha value is -1.77. The monoisotopic (exact) mass is 401 g/mol. The van der Waals surface area contributed by atoms with Crippen LogP contribution in [0.3, 0.4) is 0 Å². The average molecular weight is 402 g/mol. The maximum absolute atomic E-state index is 11.7. The van der Waals surface area contributed by atoms with Gasteiger partial charge in [0.25, 0.3) is 0 Å². The van der Waals surface area contributed by atoms with Crippen molar-refractivity contribution in [3.63, 3.8) is 0 Å². The van der Waals surface area contributed by atoms with Crippen molar-refractivity contribution < 1.29 is 14.3 Å². The minimum atomic E-state index is -0.274. The summed E-state index contributed by atoms with van der Waals surface area (Å²) in [7, 11) is 0. The topological polar surface area (TPSA) is 35.5 Å². The summed E-state index contributed by atoms with van der Waals surface area (Å²) in [4.78, 5) is 11.7. The van der Waals surface area contributed by atoms with Crippen LogP contribution < -0.4 is 4.74 Å². The lowest BCUT2D eigenvalue weighted by Gasteiger charge is -2.06. The van der Waals surface area contributed by atoms with E-state index in [1.165, 1.54) is 63.9 Å². The molecule has 1 rings (SSSR count). The lowest BCUT2D eigenvalue weighted by Crippen LogP contribution is -2.02. The van der Waals surface area contributed by atoms with Crippen LogP contribution in [0.15, 0.2) is 30.3 Å². The highest BCUT2D eigenvalue weighted by atomic mass is 16.5. The van der Waals surface area contributed by atoms with Crippen molar-refractivity contribution in [3.05, 3.63) is 42.8 Å². The Labute approximate surface area is 178 Å². The number of ether oxygens (including phenoxy) is 2. The SMILES string of the molecule is [CH2]CCCCCCCCCCOc1ccc(/C=C/C(=O)OCCCCCC)cc1. The summed E-state index contributed by atoms with van der Waals surface area (Å²) in [5.74, 6) is 0.609. The minimum Gasteiger partial charge on any atom is -0.494 e. The van der Waals surface area contributed by atoms with Crippen molar-refractivity contribution in [1.82, 2.24) is 0 Å².